The minimum absolute atomic E-state index is 0.0945. The summed E-state index contributed by atoms with van der Waals surface area (Å²) >= 11 is 0. The van der Waals surface area contributed by atoms with Crippen molar-refractivity contribution in [3.63, 3.8) is 0 Å². The van der Waals surface area contributed by atoms with Crippen molar-refractivity contribution in [3.05, 3.63) is 107 Å². The largest absolute Gasteiger partial charge is 0.463 e. The Morgan fingerprint density at radius 2 is 1.31 bits per heavy atom. The number of hydrogen-bond acceptors (Lipinski definition) is 6. The summed E-state index contributed by atoms with van der Waals surface area (Å²) in [7, 11) is 0. The molecule has 2 aliphatic heterocycles. The highest BCUT2D eigenvalue weighted by Crippen LogP contribution is 2.39. The molecule has 0 bridgehead atoms. The van der Waals surface area contributed by atoms with Gasteiger partial charge in [-0.2, -0.15) is 0 Å². The zero-order chi connectivity index (χ0) is 24.4. The Kier molecular flexibility index (Phi) is 6.12. The van der Waals surface area contributed by atoms with E-state index in [2.05, 4.69) is 10.9 Å². The Morgan fingerprint density at radius 1 is 0.771 bits per heavy atom. The van der Waals surface area contributed by atoms with Crippen molar-refractivity contribution in [3.8, 4) is 0 Å². The van der Waals surface area contributed by atoms with Gasteiger partial charge in [0, 0.05) is 5.92 Å². The van der Waals surface area contributed by atoms with Crippen LogP contribution in [0.2, 0.25) is 0 Å². The number of hydrogen-bond donors (Lipinski definition) is 2. The van der Waals surface area contributed by atoms with E-state index in [0.29, 0.717) is 11.1 Å². The van der Waals surface area contributed by atoms with Crippen LogP contribution in [0.3, 0.4) is 0 Å². The van der Waals surface area contributed by atoms with E-state index in [9.17, 15) is 19.2 Å². The van der Waals surface area contributed by atoms with Gasteiger partial charge in [0.25, 0.3) is 11.8 Å². The van der Waals surface area contributed by atoms with Gasteiger partial charge >= 0.3 is 5.97 Å². The molecule has 3 unspecified atom stereocenters. The second-order valence-corrected chi connectivity index (χ2v) is 8.41. The number of nitrogens with one attached hydrogen (secondary N) is 2. The lowest BCUT2D eigenvalue weighted by molar-refractivity contribution is -0.156. The molecule has 3 atom stereocenters. The van der Waals surface area contributed by atoms with E-state index in [1.54, 1.807) is 24.3 Å². The smallest absolute Gasteiger partial charge is 0.319 e. The number of rotatable bonds is 6. The molecule has 3 aromatic rings. The molecule has 3 amide bonds. The molecule has 8 nitrogen and oxygen atoms in total. The number of fused-ring (bicyclic) bond motifs is 1. The molecule has 0 aromatic heterocycles. The third-order valence-electron chi connectivity index (χ3n) is 6.39. The van der Waals surface area contributed by atoms with Crippen LogP contribution >= 0.6 is 0 Å². The van der Waals surface area contributed by atoms with Crippen molar-refractivity contribution in [1.29, 1.82) is 0 Å². The van der Waals surface area contributed by atoms with Gasteiger partial charge in [-0.05, 0) is 23.3 Å². The summed E-state index contributed by atoms with van der Waals surface area (Å²) in [5.74, 6) is -3.71. The van der Waals surface area contributed by atoms with Gasteiger partial charge in [0.1, 0.15) is 12.5 Å². The van der Waals surface area contributed by atoms with E-state index >= 15 is 0 Å². The summed E-state index contributed by atoms with van der Waals surface area (Å²) < 4.78 is 5.47. The van der Waals surface area contributed by atoms with E-state index < -0.39 is 35.5 Å². The van der Waals surface area contributed by atoms with Crippen LogP contribution in [0.15, 0.2) is 84.9 Å². The molecule has 2 N–H and O–H groups in total. The Morgan fingerprint density at radius 3 is 1.91 bits per heavy atom. The number of benzene rings is 3. The molecule has 0 aliphatic carbocycles. The molecule has 2 aliphatic rings. The molecular weight excluding hydrogens is 446 g/mol. The average molecular weight is 469 g/mol. The fourth-order valence-corrected chi connectivity index (χ4v) is 4.71. The highest BCUT2D eigenvalue weighted by atomic mass is 16.5. The molecule has 2 heterocycles. The normalized spacial score (nSPS) is 21.4. The fourth-order valence-electron chi connectivity index (χ4n) is 4.71. The highest BCUT2D eigenvalue weighted by molar-refractivity contribution is 6.21. The van der Waals surface area contributed by atoms with Crippen LogP contribution in [0.4, 0.5) is 0 Å². The summed E-state index contributed by atoms with van der Waals surface area (Å²) in [5.41, 5.74) is 8.03. The molecule has 176 valence electrons. The monoisotopic (exact) mass is 469 g/mol. The lowest BCUT2D eigenvalue weighted by Gasteiger charge is -2.37. The Bertz CT molecular complexity index is 1240. The number of imide groups is 1. The lowest BCUT2D eigenvalue weighted by Crippen LogP contribution is -2.56. The number of hydrazine groups is 1. The van der Waals surface area contributed by atoms with Gasteiger partial charge in [0.05, 0.1) is 23.7 Å². The maximum absolute atomic E-state index is 13.2. The first-order chi connectivity index (χ1) is 17.1. The molecule has 8 heteroatoms. The number of amides is 3. The minimum Gasteiger partial charge on any atom is -0.463 e. The summed E-state index contributed by atoms with van der Waals surface area (Å²) in [4.78, 5) is 52.3. The quantitative estimate of drug-likeness (QED) is 0.327. The Hall–Kier alpha value is -4.30. The molecule has 1 saturated heterocycles. The minimum atomic E-state index is -1.12. The van der Waals surface area contributed by atoms with Crippen molar-refractivity contribution in [2.75, 3.05) is 13.2 Å². The third-order valence-corrected chi connectivity index (χ3v) is 6.39. The van der Waals surface area contributed by atoms with Crippen LogP contribution in [0.1, 0.15) is 43.8 Å². The van der Waals surface area contributed by atoms with Gasteiger partial charge in [0.2, 0.25) is 5.91 Å². The average Bonchev–Trinajstić information content (AvgIpc) is 3.14. The highest BCUT2D eigenvalue weighted by Gasteiger charge is 2.45. The standard InChI is InChI=1S/C27H23N3O5/c31-24-22(27(34)35-16-15-30-25(32)19-13-7-8-14-20(19)26(30)33)21(17-9-3-1-4-10-17)23(28-29-24)18-11-5-2-6-12-18/h1-14,21-23,28H,15-16H2,(H,29,31). The molecule has 1 fully saturated rings. The van der Waals surface area contributed by atoms with Gasteiger partial charge in [-0.3, -0.25) is 29.5 Å². The summed E-state index contributed by atoms with van der Waals surface area (Å²) in [5, 5.41) is 0. The Labute approximate surface area is 201 Å². The lowest BCUT2D eigenvalue weighted by atomic mass is 9.76. The van der Waals surface area contributed by atoms with Gasteiger partial charge < -0.3 is 4.74 Å². The van der Waals surface area contributed by atoms with Crippen LogP contribution in [0.5, 0.6) is 0 Å². The maximum Gasteiger partial charge on any atom is 0.319 e. The SMILES string of the molecule is O=C1NNC(c2ccccc2)C(c2ccccc2)C1C(=O)OCCN1C(=O)c2ccccc2C1=O. The second-order valence-electron chi connectivity index (χ2n) is 8.41. The van der Waals surface area contributed by atoms with Crippen LogP contribution in [0.25, 0.3) is 0 Å². The number of carbonyl (C=O) groups excluding carboxylic acids is 4. The van der Waals surface area contributed by atoms with E-state index in [1.165, 1.54) is 0 Å². The first kappa shape index (κ1) is 22.5. The number of nitrogens with zero attached hydrogens (tertiary/aromatic N) is 1. The number of ether oxygens (including phenoxy) is 1. The zero-order valence-corrected chi connectivity index (χ0v) is 18.7. The van der Waals surface area contributed by atoms with Crippen LogP contribution in [0, 0.1) is 5.92 Å². The van der Waals surface area contributed by atoms with E-state index in [4.69, 9.17) is 4.74 Å². The van der Waals surface area contributed by atoms with Crippen LogP contribution in [-0.2, 0) is 14.3 Å². The number of esters is 1. The molecular formula is C27H23N3O5. The maximum atomic E-state index is 13.2. The van der Waals surface area contributed by atoms with Crippen LogP contribution in [-0.4, -0.2) is 41.7 Å². The van der Waals surface area contributed by atoms with Crippen molar-refractivity contribution in [2.24, 2.45) is 5.92 Å². The van der Waals surface area contributed by atoms with E-state index in [-0.39, 0.29) is 19.2 Å². The van der Waals surface area contributed by atoms with E-state index in [0.717, 1.165) is 16.0 Å². The predicted octanol–water partition coefficient (Wildman–Crippen LogP) is 2.60. The summed E-state index contributed by atoms with van der Waals surface area (Å²) in [6, 6.07) is 25.1. The Balaban J connectivity index is 1.34. The van der Waals surface area contributed by atoms with Crippen molar-refractivity contribution < 1.29 is 23.9 Å². The van der Waals surface area contributed by atoms with Gasteiger partial charge in [0.15, 0.2) is 0 Å². The summed E-state index contributed by atoms with van der Waals surface area (Å²) in [6.45, 7) is -0.304. The second kappa shape index (κ2) is 9.52. The van der Waals surface area contributed by atoms with Crippen molar-refractivity contribution in [1.82, 2.24) is 15.8 Å². The fraction of sp³-hybridized carbons (Fsp3) is 0.185. The van der Waals surface area contributed by atoms with Crippen LogP contribution < -0.4 is 10.9 Å². The van der Waals surface area contributed by atoms with Gasteiger partial charge in [-0.1, -0.05) is 72.8 Å². The zero-order valence-electron chi connectivity index (χ0n) is 18.7. The van der Waals surface area contributed by atoms with Crippen molar-refractivity contribution in [2.45, 2.75) is 12.0 Å². The predicted molar refractivity (Wildman–Crippen MR) is 126 cm³/mol. The van der Waals surface area contributed by atoms with E-state index in [1.807, 2.05) is 60.7 Å². The molecule has 0 spiro atoms. The molecule has 35 heavy (non-hydrogen) atoms. The molecule has 0 radical (unpaired) electrons. The molecule has 3 aromatic carbocycles. The first-order valence-electron chi connectivity index (χ1n) is 11.3. The first-order valence-corrected chi connectivity index (χ1v) is 11.3. The topological polar surface area (TPSA) is 105 Å². The number of carbonyl (C=O) groups is 4. The van der Waals surface area contributed by atoms with Gasteiger partial charge in [-0.25, -0.2) is 5.43 Å². The summed E-state index contributed by atoms with van der Waals surface area (Å²) in [6.07, 6.45) is 0. The molecule has 0 saturated carbocycles. The third kappa shape index (κ3) is 4.20. The van der Waals surface area contributed by atoms with Gasteiger partial charge in [-0.15, -0.1) is 0 Å². The van der Waals surface area contributed by atoms with Crippen molar-refractivity contribution >= 4 is 23.7 Å². The molecule has 5 rings (SSSR count).